The van der Waals surface area contributed by atoms with E-state index in [1.165, 1.54) is 23.9 Å². The third-order valence-corrected chi connectivity index (χ3v) is 5.98. The zero-order chi connectivity index (χ0) is 22.4. The molecule has 3 rings (SSSR count). The summed E-state index contributed by atoms with van der Waals surface area (Å²) in [5.74, 6) is -0.557. The van der Waals surface area contributed by atoms with Crippen molar-refractivity contribution in [2.45, 2.75) is 5.75 Å². The summed E-state index contributed by atoms with van der Waals surface area (Å²) in [6.07, 6.45) is 1.87. The average molecular weight is 452 g/mol. The van der Waals surface area contributed by atoms with Crippen molar-refractivity contribution < 1.29 is 14.7 Å². The van der Waals surface area contributed by atoms with Gasteiger partial charge in [-0.1, -0.05) is 48.0 Å². The summed E-state index contributed by atoms with van der Waals surface area (Å²) < 4.78 is 0. The lowest BCUT2D eigenvalue weighted by molar-refractivity contribution is 0.0696. The van der Waals surface area contributed by atoms with E-state index in [2.05, 4.69) is 0 Å². The zero-order valence-electron chi connectivity index (χ0n) is 17.2. The summed E-state index contributed by atoms with van der Waals surface area (Å²) in [6.45, 7) is 0. The first-order valence-corrected chi connectivity index (χ1v) is 10.9. The molecule has 0 aromatic heterocycles. The van der Waals surface area contributed by atoms with E-state index in [0.29, 0.717) is 21.2 Å². The first kappa shape index (κ1) is 22.7. The molecule has 0 atom stereocenters. The number of carbonyl (C=O) groups excluding carboxylic acids is 1. The van der Waals surface area contributed by atoms with Crippen LogP contribution >= 0.6 is 23.4 Å². The number of halogens is 1. The Hall–Kier alpha value is -3.02. The minimum absolute atomic E-state index is 0.146. The SMILES string of the molecule is CN(C)c1ccc(C=C(SCc2ccc(Cl)cc2)C(=O)c2ccc(C(=O)O)cc2)cc1. The highest BCUT2D eigenvalue weighted by Gasteiger charge is 2.15. The fraction of sp³-hybridized carbons (Fsp3) is 0.120. The molecule has 0 aliphatic rings. The van der Waals surface area contributed by atoms with Crippen LogP contribution in [0.3, 0.4) is 0 Å². The normalized spacial score (nSPS) is 11.3. The summed E-state index contributed by atoms with van der Waals surface area (Å²) in [4.78, 5) is 26.9. The van der Waals surface area contributed by atoms with Gasteiger partial charge >= 0.3 is 5.97 Å². The fourth-order valence-corrected chi connectivity index (χ4v) is 3.95. The van der Waals surface area contributed by atoms with Gasteiger partial charge in [0.25, 0.3) is 0 Å². The molecule has 0 amide bonds. The lowest BCUT2D eigenvalue weighted by Crippen LogP contribution is -2.08. The van der Waals surface area contributed by atoms with Gasteiger partial charge in [-0.25, -0.2) is 4.79 Å². The maximum absolute atomic E-state index is 13.2. The molecule has 0 unspecified atom stereocenters. The molecular weight excluding hydrogens is 430 g/mol. The summed E-state index contributed by atoms with van der Waals surface area (Å²) in [7, 11) is 3.95. The molecule has 0 radical (unpaired) electrons. The van der Waals surface area contributed by atoms with E-state index in [9.17, 15) is 9.59 Å². The number of allylic oxidation sites excluding steroid dienone is 1. The van der Waals surface area contributed by atoms with Gasteiger partial charge in [0.15, 0.2) is 5.78 Å². The predicted octanol–water partition coefficient (Wildman–Crippen LogP) is 6.26. The molecule has 1 N–H and O–H groups in total. The van der Waals surface area contributed by atoms with E-state index in [-0.39, 0.29) is 11.3 Å². The smallest absolute Gasteiger partial charge is 0.335 e. The molecule has 3 aromatic carbocycles. The summed E-state index contributed by atoms with van der Waals surface area (Å²) in [5.41, 5.74) is 3.64. The van der Waals surface area contributed by atoms with E-state index in [4.69, 9.17) is 16.7 Å². The summed E-state index contributed by atoms with van der Waals surface area (Å²) >= 11 is 7.41. The number of rotatable bonds is 8. The van der Waals surface area contributed by atoms with Crippen molar-refractivity contribution in [1.29, 1.82) is 0 Å². The van der Waals surface area contributed by atoms with Gasteiger partial charge in [0, 0.05) is 36.1 Å². The molecule has 0 saturated carbocycles. The van der Waals surface area contributed by atoms with Crippen molar-refractivity contribution in [3.63, 3.8) is 0 Å². The number of benzene rings is 3. The summed E-state index contributed by atoms with van der Waals surface area (Å²) in [6, 6.07) is 21.5. The molecule has 3 aromatic rings. The number of carbonyl (C=O) groups is 2. The van der Waals surface area contributed by atoms with E-state index >= 15 is 0 Å². The molecule has 0 saturated heterocycles. The number of Topliss-reactive ketones (excluding diaryl/α,β-unsaturated/α-hetero) is 1. The molecule has 0 aliphatic heterocycles. The number of carboxylic acids is 1. The Balaban J connectivity index is 1.89. The van der Waals surface area contributed by atoms with Crippen molar-refractivity contribution in [3.8, 4) is 0 Å². The number of anilines is 1. The second-order valence-electron chi connectivity index (χ2n) is 7.12. The van der Waals surface area contributed by atoms with E-state index in [1.54, 1.807) is 12.1 Å². The van der Waals surface area contributed by atoms with Crippen LogP contribution in [0.4, 0.5) is 5.69 Å². The van der Waals surface area contributed by atoms with Crippen LogP contribution in [0.1, 0.15) is 31.8 Å². The topological polar surface area (TPSA) is 57.6 Å². The van der Waals surface area contributed by atoms with Gasteiger partial charge in [-0.2, -0.15) is 0 Å². The molecule has 0 fully saturated rings. The van der Waals surface area contributed by atoms with Crippen LogP contribution in [0.15, 0.2) is 77.7 Å². The molecule has 31 heavy (non-hydrogen) atoms. The Morgan fingerprint density at radius 1 is 0.903 bits per heavy atom. The molecule has 4 nitrogen and oxygen atoms in total. The van der Waals surface area contributed by atoms with Crippen molar-refractivity contribution in [1.82, 2.24) is 0 Å². The lowest BCUT2D eigenvalue weighted by atomic mass is 10.1. The number of aromatic carboxylic acids is 1. The largest absolute Gasteiger partial charge is 0.478 e. The van der Waals surface area contributed by atoms with Crippen LogP contribution in [-0.2, 0) is 5.75 Å². The van der Waals surface area contributed by atoms with Crippen molar-refractivity contribution in [3.05, 3.63) is 105 Å². The first-order valence-electron chi connectivity index (χ1n) is 9.58. The Labute approximate surface area is 191 Å². The van der Waals surface area contributed by atoms with Crippen molar-refractivity contribution in [2.24, 2.45) is 0 Å². The molecule has 0 heterocycles. The quantitative estimate of drug-likeness (QED) is 0.323. The second-order valence-corrected chi connectivity index (χ2v) is 8.57. The van der Waals surface area contributed by atoms with Gasteiger partial charge in [-0.3, -0.25) is 4.79 Å². The Kier molecular flexibility index (Phi) is 7.55. The number of hydrogen-bond donors (Lipinski definition) is 1. The highest BCUT2D eigenvalue weighted by Crippen LogP contribution is 2.28. The third-order valence-electron chi connectivity index (χ3n) is 4.63. The number of hydrogen-bond acceptors (Lipinski definition) is 4. The van der Waals surface area contributed by atoms with Crippen LogP contribution in [0.5, 0.6) is 0 Å². The van der Waals surface area contributed by atoms with E-state index < -0.39 is 5.97 Å². The van der Waals surface area contributed by atoms with E-state index in [0.717, 1.165) is 16.8 Å². The molecule has 158 valence electrons. The van der Waals surface area contributed by atoms with E-state index in [1.807, 2.05) is 73.6 Å². The van der Waals surface area contributed by atoms with Crippen LogP contribution in [0, 0.1) is 0 Å². The van der Waals surface area contributed by atoms with Crippen LogP contribution in [0.25, 0.3) is 6.08 Å². The molecule has 6 heteroatoms. The number of carboxylic acid groups (broad SMARTS) is 1. The standard InChI is InChI=1S/C25H22ClNO3S/c1-27(2)22-13-5-17(6-14-22)15-23(31-16-18-3-11-21(26)12-4-18)24(28)19-7-9-20(10-8-19)25(29)30/h3-15H,16H2,1-2H3,(H,29,30). The Morgan fingerprint density at radius 3 is 2.03 bits per heavy atom. The maximum atomic E-state index is 13.2. The minimum atomic E-state index is -1.02. The molecular formula is C25H22ClNO3S. The van der Waals surface area contributed by atoms with Gasteiger partial charge in [0.2, 0.25) is 0 Å². The van der Waals surface area contributed by atoms with Gasteiger partial charge in [-0.15, -0.1) is 11.8 Å². The van der Waals surface area contributed by atoms with Crippen LogP contribution in [-0.4, -0.2) is 31.0 Å². The van der Waals surface area contributed by atoms with Crippen molar-refractivity contribution in [2.75, 3.05) is 19.0 Å². The van der Waals surface area contributed by atoms with Gasteiger partial charge in [0.1, 0.15) is 0 Å². The Bertz CT molecular complexity index is 1090. The third kappa shape index (κ3) is 6.23. The number of nitrogens with zero attached hydrogens (tertiary/aromatic N) is 1. The first-order chi connectivity index (χ1) is 14.8. The molecule has 0 bridgehead atoms. The molecule has 0 spiro atoms. The Morgan fingerprint density at radius 2 is 1.48 bits per heavy atom. The number of ketones is 1. The van der Waals surface area contributed by atoms with Gasteiger partial charge in [0.05, 0.1) is 10.5 Å². The van der Waals surface area contributed by atoms with Gasteiger partial charge in [-0.05, 0) is 53.6 Å². The number of thioether (sulfide) groups is 1. The van der Waals surface area contributed by atoms with Crippen molar-refractivity contribution >= 4 is 46.9 Å². The second kappa shape index (κ2) is 10.3. The highest BCUT2D eigenvalue weighted by atomic mass is 35.5. The fourth-order valence-electron chi connectivity index (χ4n) is 2.84. The minimum Gasteiger partial charge on any atom is -0.478 e. The van der Waals surface area contributed by atoms with Crippen LogP contribution in [0.2, 0.25) is 5.02 Å². The van der Waals surface area contributed by atoms with Gasteiger partial charge < -0.3 is 10.0 Å². The predicted molar refractivity (Wildman–Crippen MR) is 129 cm³/mol. The monoisotopic (exact) mass is 451 g/mol. The zero-order valence-corrected chi connectivity index (χ0v) is 18.8. The lowest BCUT2D eigenvalue weighted by Gasteiger charge is -2.12. The average Bonchev–Trinajstić information content (AvgIpc) is 2.77. The molecule has 0 aliphatic carbocycles. The van der Waals surface area contributed by atoms with Crippen LogP contribution < -0.4 is 4.90 Å². The summed E-state index contributed by atoms with van der Waals surface area (Å²) in [5, 5.41) is 9.76. The highest BCUT2D eigenvalue weighted by molar-refractivity contribution is 8.03. The maximum Gasteiger partial charge on any atom is 0.335 e.